The number of hydrogen-bond acceptors (Lipinski definition) is 2. The van der Waals surface area contributed by atoms with Crippen molar-refractivity contribution in [3.63, 3.8) is 0 Å². The van der Waals surface area contributed by atoms with Gasteiger partial charge >= 0.3 is 0 Å². The maximum absolute atomic E-state index is 5.49. The second-order valence-corrected chi connectivity index (χ2v) is 4.62. The monoisotopic (exact) mass is 215 g/mol. The Morgan fingerprint density at radius 2 is 1.80 bits per heavy atom. The van der Waals surface area contributed by atoms with Crippen LogP contribution in [0, 0.1) is 0 Å². The van der Waals surface area contributed by atoms with Crippen molar-refractivity contribution in [1.82, 2.24) is 5.32 Å². The first-order valence-corrected chi connectivity index (χ1v) is 6.51. The molecule has 0 saturated carbocycles. The van der Waals surface area contributed by atoms with Gasteiger partial charge < -0.3 is 10.1 Å². The van der Waals surface area contributed by atoms with Gasteiger partial charge in [-0.1, -0.05) is 19.8 Å². The van der Waals surface area contributed by atoms with E-state index in [1.807, 2.05) is 0 Å². The molecule has 0 rings (SSSR count). The van der Waals surface area contributed by atoms with E-state index in [0.717, 1.165) is 13.2 Å². The molecule has 0 fully saturated rings. The lowest BCUT2D eigenvalue weighted by Gasteiger charge is -2.13. The quantitative estimate of drug-likeness (QED) is 0.564. The SMILES string of the molecule is CCCCC(C)NCCCCOC(C)C. The molecule has 2 nitrogen and oxygen atoms in total. The third-order valence-corrected chi connectivity index (χ3v) is 2.51. The molecule has 2 heteroatoms. The number of ether oxygens (including phenoxy) is 1. The molecule has 0 spiro atoms. The molecule has 0 bridgehead atoms. The van der Waals surface area contributed by atoms with Crippen molar-refractivity contribution in [1.29, 1.82) is 0 Å². The van der Waals surface area contributed by atoms with Crippen LogP contribution >= 0.6 is 0 Å². The van der Waals surface area contributed by atoms with Crippen LogP contribution in [0.5, 0.6) is 0 Å². The minimum absolute atomic E-state index is 0.376. The van der Waals surface area contributed by atoms with Gasteiger partial charge in [0, 0.05) is 12.6 Å². The Morgan fingerprint density at radius 3 is 2.40 bits per heavy atom. The predicted octanol–water partition coefficient (Wildman–Crippen LogP) is 3.36. The van der Waals surface area contributed by atoms with Gasteiger partial charge in [-0.05, 0) is 46.6 Å². The Labute approximate surface area is 95.8 Å². The van der Waals surface area contributed by atoms with E-state index in [4.69, 9.17) is 4.74 Å². The molecule has 92 valence electrons. The van der Waals surface area contributed by atoms with Gasteiger partial charge in [0.15, 0.2) is 0 Å². The first-order valence-electron chi connectivity index (χ1n) is 6.51. The standard InChI is InChI=1S/C13H29NO/c1-5-6-9-13(4)14-10-7-8-11-15-12(2)3/h12-14H,5-11H2,1-4H3. The van der Waals surface area contributed by atoms with Gasteiger partial charge in [0.25, 0.3) is 0 Å². The van der Waals surface area contributed by atoms with E-state index in [1.165, 1.54) is 32.1 Å². The normalized spacial score (nSPS) is 13.4. The molecule has 0 aliphatic heterocycles. The third-order valence-electron chi connectivity index (χ3n) is 2.51. The van der Waals surface area contributed by atoms with Gasteiger partial charge in [-0.2, -0.15) is 0 Å². The lowest BCUT2D eigenvalue weighted by atomic mass is 10.1. The summed E-state index contributed by atoms with van der Waals surface area (Å²) in [7, 11) is 0. The van der Waals surface area contributed by atoms with Gasteiger partial charge in [-0.3, -0.25) is 0 Å². The van der Waals surface area contributed by atoms with Crippen LogP contribution < -0.4 is 5.32 Å². The summed E-state index contributed by atoms with van der Waals surface area (Å²) < 4.78 is 5.49. The van der Waals surface area contributed by atoms with E-state index >= 15 is 0 Å². The summed E-state index contributed by atoms with van der Waals surface area (Å²) in [6.07, 6.45) is 6.72. The van der Waals surface area contributed by atoms with Crippen LogP contribution in [0.1, 0.15) is 59.8 Å². The number of hydrogen-bond donors (Lipinski definition) is 1. The highest BCUT2D eigenvalue weighted by atomic mass is 16.5. The minimum atomic E-state index is 0.376. The lowest BCUT2D eigenvalue weighted by Crippen LogP contribution is -2.27. The average Bonchev–Trinajstić information content (AvgIpc) is 2.19. The Kier molecular flexibility index (Phi) is 10.4. The second kappa shape index (κ2) is 10.4. The summed E-state index contributed by atoms with van der Waals surface area (Å²) in [5.74, 6) is 0. The van der Waals surface area contributed by atoms with Gasteiger partial charge in [-0.15, -0.1) is 0 Å². The zero-order valence-corrected chi connectivity index (χ0v) is 11.0. The van der Waals surface area contributed by atoms with E-state index in [1.54, 1.807) is 0 Å². The third kappa shape index (κ3) is 11.8. The average molecular weight is 215 g/mol. The molecule has 0 saturated heterocycles. The fraction of sp³-hybridized carbons (Fsp3) is 1.00. The molecule has 1 unspecified atom stereocenters. The molecule has 0 aromatic rings. The smallest absolute Gasteiger partial charge is 0.0518 e. The van der Waals surface area contributed by atoms with Crippen LogP contribution in [0.15, 0.2) is 0 Å². The molecular formula is C13H29NO. The highest BCUT2D eigenvalue weighted by molar-refractivity contribution is 4.60. The number of unbranched alkanes of at least 4 members (excludes halogenated alkanes) is 2. The predicted molar refractivity (Wildman–Crippen MR) is 67.3 cm³/mol. The van der Waals surface area contributed by atoms with Crippen molar-refractivity contribution < 1.29 is 4.74 Å². The summed E-state index contributed by atoms with van der Waals surface area (Å²) in [4.78, 5) is 0. The maximum Gasteiger partial charge on any atom is 0.0518 e. The molecular weight excluding hydrogens is 186 g/mol. The minimum Gasteiger partial charge on any atom is -0.379 e. The Morgan fingerprint density at radius 1 is 1.07 bits per heavy atom. The Balaban J connectivity index is 3.09. The summed E-state index contributed by atoms with van der Waals surface area (Å²) in [6, 6.07) is 0.677. The van der Waals surface area contributed by atoms with Gasteiger partial charge in [0.2, 0.25) is 0 Å². The molecule has 15 heavy (non-hydrogen) atoms. The molecule has 0 aliphatic rings. The van der Waals surface area contributed by atoms with Crippen LogP contribution in [0.25, 0.3) is 0 Å². The zero-order valence-electron chi connectivity index (χ0n) is 11.0. The van der Waals surface area contributed by atoms with Crippen LogP contribution in [0.4, 0.5) is 0 Å². The van der Waals surface area contributed by atoms with E-state index in [9.17, 15) is 0 Å². The first kappa shape index (κ1) is 14.9. The van der Waals surface area contributed by atoms with E-state index in [2.05, 4.69) is 33.0 Å². The van der Waals surface area contributed by atoms with Crippen molar-refractivity contribution in [2.45, 2.75) is 71.9 Å². The van der Waals surface area contributed by atoms with Crippen molar-refractivity contribution in [3.05, 3.63) is 0 Å². The summed E-state index contributed by atoms with van der Waals surface area (Å²) in [6.45, 7) is 10.7. The summed E-state index contributed by atoms with van der Waals surface area (Å²) in [5, 5.41) is 3.55. The summed E-state index contributed by atoms with van der Waals surface area (Å²) in [5.41, 5.74) is 0. The van der Waals surface area contributed by atoms with E-state index < -0.39 is 0 Å². The van der Waals surface area contributed by atoms with Crippen LogP contribution in [0.3, 0.4) is 0 Å². The molecule has 0 aromatic heterocycles. The lowest BCUT2D eigenvalue weighted by molar-refractivity contribution is 0.0759. The second-order valence-electron chi connectivity index (χ2n) is 4.62. The topological polar surface area (TPSA) is 21.3 Å². The fourth-order valence-electron chi connectivity index (χ4n) is 1.51. The van der Waals surface area contributed by atoms with Gasteiger partial charge in [0.1, 0.15) is 0 Å². The molecule has 0 aliphatic carbocycles. The first-order chi connectivity index (χ1) is 7.16. The Bertz CT molecular complexity index is 126. The number of nitrogens with one attached hydrogen (secondary N) is 1. The van der Waals surface area contributed by atoms with Gasteiger partial charge in [0.05, 0.1) is 6.10 Å². The van der Waals surface area contributed by atoms with Crippen LogP contribution in [-0.2, 0) is 4.74 Å². The van der Waals surface area contributed by atoms with Crippen LogP contribution in [0.2, 0.25) is 0 Å². The highest BCUT2D eigenvalue weighted by Crippen LogP contribution is 2.00. The van der Waals surface area contributed by atoms with E-state index in [-0.39, 0.29) is 0 Å². The van der Waals surface area contributed by atoms with Gasteiger partial charge in [-0.25, -0.2) is 0 Å². The van der Waals surface area contributed by atoms with E-state index in [0.29, 0.717) is 12.1 Å². The molecule has 0 radical (unpaired) electrons. The van der Waals surface area contributed by atoms with Crippen molar-refractivity contribution >= 4 is 0 Å². The molecule has 0 amide bonds. The molecule has 1 N–H and O–H groups in total. The zero-order chi connectivity index (χ0) is 11.5. The molecule has 0 aromatic carbocycles. The van der Waals surface area contributed by atoms with Crippen LogP contribution in [-0.4, -0.2) is 25.3 Å². The van der Waals surface area contributed by atoms with Crippen molar-refractivity contribution in [2.24, 2.45) is 0 Å². The Hall–Kier alpha value is -0.0800. The number of rotatable bonds is 10. The fourth-order valence-corrected chi connectivity index (χ4v) is 1.51. The summed E-state index contributed by atoms with van der Waals surface area (Å²) >= 11 is 0. The largest absolute Gasteiger partial charge is 0.379 e. The van der Waals surface area contributed by atoms with Crippen molar-refractivity contribution in [3.8, 4) is 0 Å². The maximum atomic E-state index is 5.49. The molecule has 0 heterocycles. The van der Waals surface area contributed by atoms with Crippen molar-refractivity contribution in [2.75, 3.05) is 13.2 Å². The highest BCUT2D eigenvalue weighted by Gasteiger charge is 1.99. The molecule has 1 atom stereocenters.